The molecule has 19 nitrogen and oxygen atoms in total. The Morgan fingerprint density at radius 3 is 1.40 bits per heavy atom. The van der Waals surface area contributed by atoms with E-state index < -0.39 is 29.3 Å². The molecular weight excluding hydrogens is 1010 g/mol. The standard InChI is InChI=1S/C32H37N7O3.C29H31N7O2/c1-21(40)19-33-32(2,3)18-29(41)34-27-17-16-24-8-4-7-11-28(24)39(31(27)42)20-22-12-14-23(15-13-22)25-9-5-6-10-26(25)30-35-37-38-36-30;1-29(2,30)17-26(37)31-24-16-15-21-7-3-6-10-25(21)36(28(24)38)18-19-11-13-20(14-12-19)22-8-4-5-9-23(22)27-32-34-35-33-27/h4-15,21,27,33,40H,16-20H2,1-3H3,(H,34,41)(H,35,36,37,38);3-14,24H,15-18,30H2,1-2H3,(H,31,37)(H,32,33,34,35)/t21-,27?;24-/m11/s1. The number of aliphatic hydroxyl groups is 1. The van der Waals surface area contributed by atoms with Gasteiger partial charge >= 0.3 is 0 Å². The van der Waals surface area contributed by atoms with Gasteiger partial charge in [-0.1, -0.05) is 133 Å². The van der Waals surface area contributed by atoms with Gasteiger partial charge in [-0.15, -0.1) is 20.4 Å². The van der Waals surface area contributed by atoms with Crippen LogP contribution in [0.2, 0.25) is 0 Å². The second-order valence-corrected chi connectivity index (χ2v) is 21.8. The molecule has 4 amide bonds. The molecule has 0 fully saturated rings. The van der Waals surface area contributed by atoms with E-state index in [0.717, 1.165) is 67.0 Å². The second-order valence-electron chi connectivity index (χ2n) is 21.8. The van der Waals surface area contributed by atoms with Crippen molar-refractivity contribution in [3.05, 3.63) is 168 Å². The van der Waals surface area contributed by atoms with Crippen LogP contribution in [0.4, 0.5) is 11.4 Å². The van der Waals surface area contributed by atoms with E-state index in [9.17, 15) is 24.3 Å². The third kappa shape index (κ3) is 14.1. The Balaban J connectivity index is 0.000000195. The maximum atomic E-state index is 13.9. The molecule has 0 saturated heterocycles. The summed E-state index contributed by atoms with van der Waals surface area (Å²) in [5, 5.41) is 47.7. The molecule has 4 heterocycles. The molecule has 80 heavy (non-hydrogen) atoms. The van der Waals surface area contributed by atoms with Gasteiger partial charge in [-0.3, -0.25) is 19.2 Å². The number of carbonyl (C=O) groups is 4. The molecule has 2 aromatic heterocycles. The van der Waals surface area contributed by atoms with Crippen molar-refractivity contribution in [3.63, 3.8) is 0 Å². The van der Waals surface area contributed by atoms with Crippen LogP contribution in [0.5, 0.6) is 0 Å². The summed E-state index contributed by atoms with van der Waals surface area (Å²) < 4.78 is 0. The molecule has 6 aromatic carbocycles. The van der Waals surface area contributed by atoms with Crippen molar-refractivity contribution in [2.24, 2.45) is 5.73 Å². The number of rotatable bonds is 17. The number of aromatic nitrogens is 8. The molecule has 0 radical (unpaired) electrons. The van der Waals surface area contributed by atoms with E-state index in [4.69, 9.17) is 5.73 Å². The van der Waals surface area contributed by atoms with Crippen LogP contribution in [-0.4, -0.2) is 106 Å². The first kappa shape index (κ1) is 56.0. The maximum Gasteiger partial charge on any atom is 0.249 e. The van der Waals surface area contributed by atoms with Crippen molar-refractivity contribution in [1.29, 1.82) is 0 Å². The molecule has 8 N–H and O–H groups in total. The third-order valence-electron chi connectivity index (χ3n) is 14.1. The number of H-pyrrole nitrogens is 2. The molecule has 412 valence electrons. The van der Waals surface area contributed by atoms with Gasteiger partial charge < -0.3 is 36.6 Å². The highest BCUT2D eigenvalue weighted by Crippen LogP contribution is 2.34. The van der Waals surface area contributed by atoms with Crippen LogP contribution < -0.4 is 31.5 Å². The van der Waals surface area contributed by atoms with E-state index in [2.05, 4.69) is 57.2 Å². The molecule has 3 atom stereocenters. The summed E-state index contributed by atoms with van der Waals surface area (Å²) in [5.41, 5.74) is 16.4. The summed E-state index contributed by atoms with van der Waals surface area (Å²) in [6.07, 6.45) is 2.25. The molecule has 2 aliphatic rings. The highest BCUT2D eigenvalue weighted by Gasteiger charge is 2.34. The molecule has 8 aromatic rings. The van der Waals surface area contributed by atoms with E-state index in [1.807, 2.05) is 159 Å². The molecule has 0 aliphatic carbocycles. The van der Waals surface area contributed by atoms with E-state index in [1.54, 1.807) is 30.6 Å². The number of nitrogens with two attached hydrogens (primary N) is 1. The molecule has 2 aliphatic heterocycles. The summed E-state index contributed by atoms with van der Waals surface area (Å²) in [6.45, 7) is 10.3. The summed E-state index contributed by atoms with van der Waals surface area (Å²) in [7, 11) is 0. The number of aromatic amines is 2. The number of benzene rings is 6. The molecule has 10 rings (SSSR count). The Kier molecular flexibility index (Phi) is 17.4. The maximum absolute atomic E-state index is 13.9. The Morgan fingerprint density at radius 1 is 0.600 bits per heavy atom. The zero-order valence-corrected chi connectivity index (χ0v) is 45.7. The number of β-amino-alcohol motifs (C(OH)–C–C–N with tert-alkyl or cyclic N) is 1. The molecule has 1 unspecified atom stereocenters. The van der Waals surface area contributed by atoms with Crippen molar-refractivity contribution in [2.75, 3.05) is 16.3 Å². The zero-order valence-electron chi connectivity index (χ0n) is 45.7. The van der Waals surface area contributed by atoms with Crippen molar-refractivity contribution in [3.8, 4) is 45.0 Å². The van der Waals surface area contributed by atoms with E-state index >= 15 is 0 Å². The van der Waals surface area contributed by atoms with Crippen LogP contribution in [-0.2, 0) is 45.1 Å². The fourth-order valence-electron chi connectivity index (χ4n) is 10.2. The monoisotopic (exact) mass is 1080 g/mol. The predicted octanol–water partition coefficient (Wildman–Crippen LogP) is 7.26. The molecule has 0 saturated carbocycles. The molecule has 0 bridgehead atoms. The lowest BCUT2D eigenvalue weighted by Gasteiger charge is -2.29. The smallest absolute Gasteiger partial charge is 0.249 e. The number of hydrogen-bond donors (Lipinski definition) is 7. The first-order valence-electron chi connectivity index (χ1n) is 26.9. The highest BCUT2D eigenvalue weighted by atomic mass is 16.3. The summed E-state index contributed by atoms with van der Waals surface area (Å²) in [4.78, 5) is 56.9. The fraction of sp³-hybridized carbons (Fsp3) is 0.311. The van der Waals surface area contributed by atoms with Gasteiger partial charge in [0.15, 0.2) is 0 Å². The molecule has 0 spiro atoms. The average molecular weight is 1080 g/mol. The topological polar surface area (TPSA) is 266 Å². The third-order valence-corrected chi connectivity index (χ3v) is 14.1. The minimum absolute atomic E-state index is 0.121. The Labute approximate surface area is 465 Å². The number of aliphatic hydroxyl groups excluding tert-OH is 1. The van der Waals surface area contributed by atoms with E-state index in [1.165, 1.54) is 0 Å². The zero-order chi connectivity index (χ0) is 56.4. The molecular formula is C61H68N14O5. The number of aryl methyl sites for hydroxylation is 2. The van der Waals surface area contributed by atoms with Gasteiger partial charge in [0.25, 0.3) is 0 Å². The van der Waals surface area contributed by atoms with Crippen molar-refractivity contribution in [2.45, 2.75) is 115 Å². The number of fused-ring (bicyclic) bond motifs is 2. The predicted molar refractivity (Wildman–Crippen MR) is 307 cm³/mol. The Morgan fingerprint density at radius 2 is 1.00 bits per heavy atom. The second kappa shape index (κ2) is 24.9. The highest BCUT2D eigenvalue weighted by molar-refractivity contribution is 6.01. The largest absolute Gasteiger partial charge is 0.392 e. The van der Waals surface area contributed by atoms with Crippen molar-refractivity contribution < 1.29 is 24.3 Å². The van der Waals surface area contributed by atoms with Crippen LogP contribution in [0.3, 0.4) is 0 Å². The SMILES string of the molecule is CC(C)(N)CC(=O)N[C@@H]1CCc2ccccc2N(Cc2ccc(-c3ccccc3-c3nn[nH]n3)cc2)C1=O.C[C@@H](O)CNC(C)(C)CC(=O)NC1CCc2ccccc2N(Cc2ccc(-c3ccccc3-c3nn[nH]n3)cc2)C1=O. The van der Waals surface area contributed by atoms with Crippen LogP contribution in [0.25, 0.3) is 45.0 Å². The number of hydrogen-bond acceptors (Lipinski definition) is 13. The van der Waals surface area contributed by atoms with E-state index in [0.29, 0.717) is 57.0 Å². The van der Waals surface area contributed by atoms with Crippen molar-refractivity contribution >= 4 is 35.0 Å². The summed E-state index contributed by atoms with van der Waals surface area (Å²) in [6, 6.07) is 46.6. The number of amides is 4. The van der Waals surface area contributed by atoms with E-state index in [-0.39, 0.29) is 36.5 Å². The lowest BCUT2D eigenvalue weighted by molar-refractivity contribution is -0.128. The number of anilines is 2. The first-order chi connectivity index (χ1) is 38.5. The van der Waals surface area contributed by atoms with Gasteiger partial charge in [0.1, 0.15) is 12.1 Å². The van der Waals surface area contributed by atoms with Gasteiger partial charge in [-0.05, 0) is 127 Å². The van der Waals surface area contributed by atoms with Gasteiger partial charge in [-0.25, -0.2) is 0 Å². The quantitative estimate of drug-likeness (QED) is 0.0474. The average Bonchev–Trinajstić information content (AvgIpc) is 4.22. The van der Waals surface area contributed by atoms with Gasteiger partial charge in [0, 0.05) is 53.0 Å². The first-order valence-corrected chi connectivity index (χ1v) is 26.9. The lowest BCUT2D eigenvalue weighted by atomic mass is 9.98. The van der Waals surface area contributed by atoms with Crippen molar-refractivity contribution in [1.82, 2.24) is 57.2 Å². The Hall–Kier alpha value is -8.78. The number of nitrogens with zero attached hydrogens (tertiary/aromatic N) is 8. The number of carbonyl (C=O) groups excluding carboxylic acids is 4. The minimum atomic E-state index is -0.648. The number of nitrogens with one attached hydrogen (secondary N) is 5. The lowest BCUT2D eigenvalue weighted by Crippen LogP contribution is -2.51. The summed E-state index contributed by atoms with van der Waals surface area (Å²) >= 11 is 0. The number of para-hydroxylation sites is 2. The fourth-order valence-corrected chi connectivity index (χ4v) is 10.2. The minimum Gasteiger partial charge on any atom is -0.392 e. The summed E-state index contributed by atoms with van der Waals surface area (Å²) in [5.74, 6) is 0.386. The Bertz CT molecular complexity index is 3390. The molecule has 19 heteroatoms. The van der Waals surface area contributed by atoms with Gasteiger partial charge in [-0.2, -0.15) is 10.4 Å². The number of tetrazole rings is 2. The van der Waals surface area contributed by atoms with Gasteiger partial charge in [0.05, 0.1) is 19.2 Å². The van der Waals surface area contributed by atoms with Crippen LogP contribution in [0.15, 0.2) is 146 Å². The van der Waals surface area contributed by atoms with Gasteiger partial charge in [0.2, 0.25) is 35.3 Å². The van der Waals surface area contributed by atoms with Crippen LogP contribution >= 0.6 is 0 Å². The normalized spacial score (nSPS) is 15.8. The van der Waals surface area contributed by atoms with Crippen LogP contribution in [0, 0.1) is 0 Å². The van der Waals surface area contributed by atoms with Crippen LogP contribution in [0.1, 0.15) is 82.6 Å².